The summed E-state index contributed by atoms with van der Waals surface area (Å²) in [7, 11) is 0. The molecule has 0 bridgehead atoms. The lowest BCUT2D eigenvalue weighted by molar-refractivity contribution is -0.385. The number of amides is 1. The number of ether oxygens (including phenoxy) is 14. The molecule has 0 spiro atoms. The summed E-state index contributed by atoms with van der Waals surface area (Å²) in [5.41, 5.74) is 1.20. The second-order valence-corrected chi connectivity index (χ2v) is 30.0. The van der Waals surface area contributed by atoms with E-state index in [-0.39, 0.29) is 110 Å². The lowest BCUT2D eigenvalue weighted by Gasteiger charge is -2.19. The number of thiol groups is 1. The van der Waals surface area contributed by atoms with Gasteiger partial charge in [-0.15, -0.1) is 0 Å². The Kier molecular flexibility index (Phi) is 68.3. The zero-order chi connectivity index (χ0) is 90.8. The number of carbonyl (C=O) groups excluding carboxylic acids is 11. The van der Waals surface area contributed by atoms with Gasteiger partial charge < -0.3 is 105 Å². The highest BCUT2D eigenvalue weighted by atomic mass is 35.5. The summed E-state index contributed by atoms with van der Waals surface area (Å²) in [5, 5.41) is 66.0. The first kappa shape index (κ1) is 116. The second-order valence-electron chi connectivity index (χ2n) is 23.1. The van der Waals surface area contributed by atoms with Gasteiger partial charge in [-0.1, -0.05) is 34.6 Å². The molecule has 2 unspecified atom stereocenters. The number of nitro groups is 4. The van der Waals surface area contributed by atoms with Crippen LogP contribution in [0, 0.1) is 40.5 Å². The summed E-state index contributed by atoms with van der Waals surface area (Å²) >= 11 is 14.8. The number of benzene rings is 4. The van der Waals surface area contributed by atoms with Gasteiger partial charge in [0, 0.05) is 95.4 Å². The average Bonchev–Trinajstić information content (AvgIpc) is 0.887. The zero-order valence-corrected chi connectivity index (χ0v) is 73.9. The minimum Gasteiger partial charge on any atom is -1.00 e. The number of quaternary nitrogens is 1. The molecule has 42 nitrogen and oxygen atoms in total. The van der Waals surface area contributed by atoms with E-state index in [9.17, 15) is 93.2 Å². The fourth-order valence-corrected chi connectivity index (χ4v) is 9.79. The van der Waals surface area contributed by atoms with Gasteiger partial charge in [0.2, 0.25) is 0 Å². The van der Waals surface area contributed by atoms with Crippen LogP contribution in [0.2, 0.25) is 0 Å². The molecule has 0 saturated carbocycles. The van der Waals surface area contributed by atoms with Crippen LogP contribution in [0.15, 0.2) is 97.1 Å². The number of hydrogen-bond donors (Lipinski definition) is 6. The molecule has 51 heteroatoms. The van der Waals surface area contributed by atoms with Crippen LogP contribution in [-0.4, -0.2) is 233 Å². The number of nitrogens with zero attached hydrogens (tertiary/aromatic N) is 4. The van der Waals surface area contributed by atoms with Gasteiger partial charge in [-0.3, -0.25) is 40.5 Å². The van der Waals surface area contributed by atoms with Crippen LogP contribution in [0.3, 0.4) is 0 Å². The first-order chi connectivity index (χ1) is 56.9. The molecule has 4 aromatic rings. The molecule has 2 atom stereocenters. The number of hydrogen-bond acceptors (Lipinski definition) is 43. The van der Waals surface area contributed by atoms with Crippen molar-refractivity contribution < 1.29 is 172 Å². The molecule has 0 aromatic heterocycles. The Hall–Kier alpha value is -9.28. The number of carbonyl (C=O) groups is 11. The predicted molar refractivity (Wildman–Crippen MR) is 447 cm³/mol. The van der Waals surface area contributed by atoms with Crippen molar-refractivity contribution in [1.29, 1.82) is 0 Å². The summed E-state index contributed by atoms with van der Waals surface area (Å²) < 4.78 is 69.7. The number of thioether (sulfide) groups is 6. The number of nitrogens with one attached hydrogen (secondary N) is 1. The topological polar surface area (TPSA) is 590 Å². The molecular weight excluding hydrogens is 1800 g/mol. The molecule has 0 heterocycles. The number of halogens is 2. The zero-order valence-electron chi connectivity index (χ0n) is 66.6. The van der Waals surface area contributed by atoms with Crippen LogP contribution in [-0.2, 0) is 47.4 Å². The van der Waals surface area contributed by atoms with Crippen LogP contribution >= 0.6 is 94.8 Å². The molecule has 0 aliphatic heterocycles. The summed E-state index contributed by atoms with van der Waals surface area (Å²) in [6.45, 7) is 13.0. The maximum Gasteiger partial charge on any atom is 0.514 e. The molecule has 7 N–H and O–H groups in total. The number of aliphatic hydroxyl groups excluding tert-OH is 3. The minimum absolute atomic E-state index is 0. The van der Waals surface area contributed by atoms with Crippen molar-refractivity contribution in [2.45, 2.75) is 118 Å². The van der Waals surface area contributed by atoms with E-state index in [1.807, 2.05) is 27.7 Å². The Morgan fingerprint density at radius 3 is 0.950 bits per heavy atom. The van der Waals surface area contributed by atoms with Crippen molar-refractivity contribution in [2.24, 2.45) is 0 Å². The molecule has 4 rings (SSSR count). The number of aliphatic hydroxyl groups is 3. The Balaban J connectivity index is -0.00000155. The van der Waals surface area contributed by atoms with Crippen LogP contribution in [0.5, 0.6) is 23.0 Å². The Bertz CT molecular complexity index is 3630. The normalized spacial score (nSPS) is 10.6. The molecule has 0 saturated heterocycles. The van der Waals surface area contributed by atoms with E-state index >= 15 is 0 Å². The quantitative estimate of drug-likeness (QED) is 0.00353. The number of alkyl carbamates (subject to hydrolysis) is 1. The monoisotopic (exact) mass is 1890 g/mol. The van der Waals surface area contributed by atoms with E-state index in [0.717, 1.165) is 175 Å². The van der Waals surface area contributed by atoms with Crippen molar-refractivity contribution in [3.8, 4) is 23.0 Å². The van der Waals surface area contributed by atoms with Gasteiger partial charge in [0.05, 0.1) is 45.2 Å². The fourth-order valence-electron chi connectivity index (χ4n) is 6.52. The van der Waals surface area contributed by atoms with Crippen LogP contribution in [0.1, 0.15) is 87.5 Å². The third kappa shape index (κ3) is 65.2. The van der Waals surface area contributed by atoms with Gasteiger partial charge in [0.25, 0.3) is 22.7 Å². The van der Waals surface area contributed by atoms with Crippen molar-refractivity contribution in [1.82, 2.24) is 5.32 Å². The Morgan fingerprint density at radius 1 is 0.430 bits per heavy atom. The number of nitro benzene ring substituents is 4. The van der Waals surface area contributed by atoms with E-state index in [1.165, 1.54) is 30.7 Å². The van der Waals surface area contributed by atoms with E-state index in [2.05, 4.69) is 35.3 Å². The van der Waals surface area contributed by atoms with Gasteiger partial charge in [0.1, 0.15) is 74.3 Å². The maximum absolute atomic E-state index is 12.3. The number of rotatable bonds is 39. The molecule has 0 radical (unpaired) electrons. The molecule has 0 aliphatic rings. The second kappa shape index (κ2) is 71.3. The van der Waals surface area contributed by atoms with Crippen LogP contribution in [0.25, 0.3) is 0 Å². The highest BCUT2D eigenvalue weighted by molar-refractivity contribution is 8.14. The van der Waals surface area contributed by atoms with E-state index in [0.29, 0.717) is 35.3 Å². The van der Waals surface area contributed by atoms with E-state index < -0.39 is 125 Å². The van der Waals surface area contributed by atoms with Crippen molar-refractivity contribution >= 4 is 179 Å². The Labute approximate surface area is 736 Å². The maximum atomic E-state index is 12.3. The highest BCUT2D eigenvalue weighted by Gasteiger charge is 2.26. The minimum atomic E-state index is -1.50. The molecule has 4 aromatic carbocycles. The van der Waals surface area contributed by atoms with Gasteiger partial charge in [-0.05, 0) is 178 Å². The smallest absolute Gasteiger partial charge is 0.514 e. The first-order valence-electron chi connectivity index (χ1n) is 35.5. The van der Waals surface area contributed by atoms with Gasteiger partial charge in [-0.2, -0.15) is 12.6 Å². The summed E-state index contributed by atoms with van der Waals surface area (Å²) in [6.07, 6.45) is -4.21. The lowest BCUT2D eigenvalue weighted by Crippen LogP contribution is -3.00. The van der Waals surface area contributed by atoms with E-state index in [4.69, 9.17) is 88.5 Å². The molecule has 0 fully saturated rings. The van der Waals surface area contributed by atoms with E-state index in [1.54, 1.807) is 20.8 Å². The summed E-state index contributed by atoms with van der Waals surface area (Å²) in [4.78, 5) is 168. The third-order valence-electron chi connectivity index (χ3n) is 11.8. The lowest BCUT2D eigenvalue weighted by atomic mass is 10.2. The van der Waals surface area contributed by atoms with Crippen LogP contribution in [0.4, 0.5) is 75.5 Å². The Morgan fingerprint density at radius 2 is 0.694 bits per heavy atom. The molecule has 678 valence electrons. The molecule has 1 amide bonds. The van der Waals surface area contributed by atoms with Crippen molar-refractivity contribution in [3.63, 3.8) is 0 Å². The summed E-state index contributed by atoms with van der Waals surface area (Å²) in [6, 6.07) is 18.2. The van der Waals surface area contributed by atoms with Crippen molar-refractivity contribution in [2.75, 3.05) is 106 Å². The standard InChI is InChI=1S/C24H17N3O15.C19H33NO8S3.C14H25NO6S3.C7H4ClNO4.C3H8O3.C3H8S.ClH/c28-22(39-18-7-1-15(2-8-18)25(31)32)37-13-21(42-24(30)41-20-11-5-17(6-12-20)27(35)36)14-38-23(29)40-19-9-3-16(4-10-19)26(33)34;1-6-9-29-16(22)25-12-14(27-18(24)30-10-7-2)13-26-17(23)31-11-8-20-15(21)28-19(3,4)5;1-3-6-22-12(16)19-9-11(21-14(18)23-7-4-2)10-20-13(17)24-8-5-15;8-7(10)13-6-3-1-5(2-4-6)9(11)12;4-1-3(6)2-5;1-2-3-4;/h1-12,21H,13-14H2;14H,6-13H2,1-5H3,(H,20,21);11H,3-10,15H2,1-2H3;1-4H;3-6H,1-2H2;4H,2-3H2,1H3;1H. The third-order valence-corrected chi connectivity index (χ3v) is 17.8. The molecular formula is C70H96Cl2N6O36S7. The van der Waals surface area contributed by atoms with Gasteiger partial charge in [-0.25, -0.2) is 52.7 Å². The largest absolute Gasteiger partial charge is 1.00 e. The first-order valence-corrected chi connectivity index (χ1v) is 42.4. The summed E-state index contributed by atoms with van der Waals surface area (Å²) in [5.74, 6) is 4.18. The fraction of sp³-hybridized carbons (Fsp3) is 0.500. The molecule has 0 aliphatic carbocycles. The predicted octanol–water partition coefficient (Wildman–Crippen LogP) is 12.1. The van der Waals surface area contributed by atoms with Crippen LogP contribution < -0.4 is 42.4 Å². The van der Waals surface area contributed by atoms with Gasteiger partial charge in [0.15, 0.2) is 18.3 Å². The van der Waals surface area contributed by atoms with Crippen molar-refractivity contribution in [3.05, 3.63) is 138 Å². The molecule has 121 heavy (non-hydrogen) atoms. The highest BCUT2D eigenvalue weighted by Crippen LogP contribution is 2.24. The SMILES string of the molecule is CCCS.CCCSC(=O)OCC(COC(=O)SCCNC(=O)OC(C)(C)C)OC(=O)SCCC.CCCSC(=O)OCC(COC(=O)SCC[NH3+])OC(=O)SCCC.O=C(Cl)Oc1ccc([N+](=O)[O-])cc1.O=C(OCC(COC(=O)Oc1ccc([N+](=O)[O-])cc1)OC(=O)Oc1ccc([N+](=O)[O-])cc1)Oc1ccc([N+](=O)[O-])cc1.OCC(O)CO.[Cl-]. The average molecular weight is 1890 g/mol. The van der Waals surface area contributed by atoms with Gasteiger partial charge >= 0.3 is 61.8 Å². The number of non-ortho nitro benzene ring substituents is 4.